The fourth-order valence-electron chi connectivity index (χ4n) is 2.47. The second kappa shape index (κ2) is 6.55. The van der Waals surface area contributed by atoms with Gasteiger partial charge in [-0.3, -0.25) is 0 Å². The molecule has 1 heterocycles. The average molecular weight is 313 g/mol. The summed E-state index contributed by atoms with van der Waals surface area (Å²) in [6, 6.07) is 5.85. The minimum atomic E-state index is -3.44. The van der Waals surface area contributed by atoms with E-state index in [0.29, 0.717) is 18.7 Å². The molecule has 1 aliphatic rings. The van der Waals surface area contributed by atoms with Gasteiger partial charge in [-0.2, -0.15) is 0 Å². The van der Waals surface area contributed by atoms with Crippen LogP contribution in [-0.2, 0) is 15.8 Å². The lowest BCUT2D eigenvalue weighted by Crippen LogP contribution is -2.41. The van der Waals surface area contributed by atoms with Gasteiger partial charge in [-0.25, -0.2) is 17.5 Å². The van der Waals surface area contributed by atoms with Crippen molar-refractivity contribution in [3.8, 4) is 0 Å². The van der Waals surface area contributed by atoms with Crippen molar-refractivity contribution in [2.24, 2.45) is 5.92 Å². The molecule has 1 aromatic carbocycles. The van der Waals surface area contributed by atoms with Crippen molar-refractivity contribution in [2.45, 2.75) is 18.6 Å². The normalized spacial score (nSPS) is 20.3. The molecule has 1 unspecified atom stereocenters. The molecule has 1 aliphatic heterocycles. The van der Waals surface area contributed by atoms with Gasteiger partial charge in [0.2, 0.25) is 10.0 Å². The van der Waals surface area contributed by atoms with Crippen molar-refractivity contribution in [3.05, 3.63) is 35.4 Å². The van der Waals surface area contributed by atoms with E-state index in [1.165, 1.54) is 28.6 Å². The van der Waals surface area contributed by atoms with Gasteiger partial charge in [0, 0.05) is 19.7 Å². The fraction of sp³-hybridized carbons (Fsp3) is 0.500. The number of carboxylic acids is 1. The molecule has 1 aromatic rings. The van der Waals surface area contributed by atoms with Crippen LogP contribution in [0.25, 0.3) is 0 Å². The summed E-state index contributed by atoms with van der Waals surface area (Å²) in [5.41, 5.74) is 0.695. The summed E-state index contributed by atoms with van der Waals surface area (Å²) in [7, 11) is -3.44. The first-order chi connectivity index (χ1) is 9.92. The lowest BCUT2D eigenvalue weighted by Gasteiger charge is -2.31. The molecule has 0 spiro atoms. The lowest BCUT2D eigenvalue weighted by atomic mass is 10.0. The number of carboxylic acid groups (broad SMARTS) is 1. The topological polar surface area (TPSA) is 94.9 Å². The minimum absolute atomic E-state index is 0.000666. The highest BCUT2D eigenvalue weighted by molar-refractivity contribution is 7.88. The zero-order chi connectivity index (χ0) is 15.5. The number of carbonyl (C=O) groups is 1. The fourth-order valence-corrected chi connectivity index (χ4v) is 4.12. The number of hydrogen-bond acceptors (Lipinski definition) is 4. The van der Waals surface area contributed by atoms with E-state index >= 15 is 0 Å². The first-order valence-corrected chi connectivity index (χ1v) is 8.44. The van der Waals surface area contributed by atoms with Gasteiger partial charge < -0.3 is 10.2 Å². The SMILES string of the molecule is O=C(O)c1ccc(CS(=O)(=O)N2CCCC(CO)C2)cc1. The molecule has 0 radical (unpaired) electrons. The molecule has 0 aromatic heterocycles. The standard InChI is InChI=1S/C14H19NO5S/c16-9-12-2-1-7-15(8-12)21(19,20)10-11-3-5-13(6-4-11)14(17)18/h3-6,12,16H,1-2,7-10H2,(H,17,18). The molecule has 116 valence electrons. The number of aliphatic hydroxyl groups excluding tert-OH is 1. The molecule has 6 nitrogen and oxygen atoms in total. The van der Waals surface area contributed by atoms with Crippen LogP contribution >= 0.6 is 0 Å². The van der Waals surface area contributed by atoms with Crippen LogP contribution in [0.2, 0.25) is 0 Å². The second-order valence-electron chi connectivity index (χ2n) is 5.31. The number of hydrogen-bond donors (Lipinski definition) is 2. The Labute approximate surface area is 124 Å². The number of sulfonamides is 1. The second-order valence-corrected chi connectivity index (χ2v) is 7.28. The summed E-state index contributed by atoms with van der Waals surface area (Å²) in [4.78, 5) is 10.8. The van der Waals surface area contributed by atoms with Crippen molar-refractivity contribution in [2.75, 3.05) is 19.7 Å². The molecule has 0 aliphatic carbocycles. The highest BCUT2D eigenvalue weighted by Gasteiger charge is 2.28. The van der Waals surface area contributed by atoms with E-state index in [0.717, 1.165) is 12.8 Å². The van der Waals surface area contributed by atoms with E-state index in [2.05, 4.69) is 0 Å². The van der Waals surface area contributed by atoms with E-state index in [4.69, 9.17) is 10.2 Å². The van der Waals surface area contributed by atoms with Crippen molar-refractivity contribution < 1.29 is 23.4 Å². The number of nitrogens with zero attached hydrogens (tertiary/aromatic N) is 1. The Morgan fingerprint density at radius 2 is 1.95 bits per heavy atom. The molecular weight excluding hydrogens is 294 g/mol. The van der Waals surface area contributed by atoms with Crippen molar-refractivity contribution >= 4 is 16.0 Å². The molecule has 1 atom stereocenters. The maximum atomic E-state index is 12.4. The Balaban J connectivity index is 2.08. The van der Waals surface area contributed by atoms with E-state index in [1.807, 2.05) is 0 Å². The predicted octanol–water partition coefficient (Wildman–Crippen LogP) is 0.919. The Bertz CT molecular complexity index is 596. The average Bonchev–Trinajstić information content (AvgIpc) is 2.47. The van der Waals surface area contributed by atoms with E-state index in [-0.39, 0.29) is 23.8 Å². The third kappa shape index (κ3) is 4.03. The smallest absolute Gasteiger partial charge is 0.335 e. The molecule has 0 bridgehead atoms. The van der Waals surface area contributed by atoms with Crippen LogP contribution in [0, 0.1) is 5.92 Å². The maximum absolute atomic E-state index is 12.4. The lowest BCUT2D eigenvalue weighted by molar-refractivity contribution is 0.0697. The molecule has 1 saturated heterocycles. The monoisotopic (exact) mass is 313 g/mol. The number of benzene rings is 1. The highest BCUT2D eigenvalue weighted by atomic mass is 32.2. The molecule has 21 heavy (non-hydrogen) atoms. The molecular formula is C14H19NO5S. The molecule has 0 amide bonds. The Kier molecular flexibility index (Phi) is 4.97. The van der Waals surface area contributed by atoms with Crippen LogP contribution in [0.5, 0.6) is 0 Å². The molecule has 0 saturated carbocycles. The largest absolute Gasteiger partial charge is 0.478 e. The van der Waals surface area contributed by atoms with Gasteiger partial charge in [0.05, 0.1) is 11.3 Å². The predicted molar refractivity (Wildman–Crippen MR) is 77.4 cm³/mol. The summed E-state index contributed by atoms with van der Waals surface area (Å²) in [6.45, 7) is 0.831. The van der Waals surface area contributed by atoms with Gasteiger partial charge in [0.1, 0.15) is 0 Å². The summed E-state index contributed by atoms with van der Waals surface area (Å²) in [5.74, 6) is -1.18. The Morgan fingerprint density at radius 1 is 1.29 bits per heavy atom. The summed E-state index contributed by atoms with van der Waals surface area (Å²) < 4.78 is 26.1. The summed E-state index contributed by atoms with van der Waals surface area (Å²) >= 11 is 0. The van der Waals surface area contributed by atoms with Crippen molar-refractivity contribution in [3.63, 3.8) is 0 Å². The molecule has 2 rings (SSSR count). The van der Waals surface area contributed by atoms with E-state index in [9.17, 15) is 13.2 Å². The van der Waals surface area contributed by atoms with Crippen molar-refractivity contribution in [1.29, 1.82) is 0 Å². The number of aliphatic hydroxyl groups is 1. The van der Waals surface area contributed by atoms with Gasteiger partial charge >= 0.3 is 5.97 Å². The zero-order valence-electron chi connectivity index (χ0n) is 11.6. The van der Waals surface area contributed by atoms with Gasteiger partial charge in [0.15, 0.2) is 0 Å². The highest BCUT2D eigenvalue weighted by Crippen LogP contribution is 2.21. The molecule has 2 N–H and O–H groups in total. The third-order valence-electron chi connectivity index (χ3n) is 3.68. The number of rotatable bonds is 5. The van der Waals surface area contributed by atoms with Crippen LogP contribution in [0.15, 0.2) is 24.3 Å². The molecule has 7 heteroatoms. The van der Waals surface area contributed by atoms with Crippen LogP contribution in [-0.4, -0.2) is 48.6 Å². The zero-order valence-corrected chi connectivity index (χ0v) is 12.4. The Morgan fingerprint density at radius 3 is 2.52 bits per heavy atom. The van der Waals surface area contributed by atoms with Crippen LogP contribution in [0.4, 0.5) is 0 Å². The summed E-state index contributed by atoms with van der Waals surface area (Å²) in [5, 5.41) is 18.0. The van der Waals surface area contributed by atoms with Gasteiger partial charge in [-0.1, -0.05) is 12.1 Å². The van der Waals surface area contributed by atoms with Crippen molar-refractivity contribution in [1.82, 2.24) is 4.31 Å². The van der Waals surface area contributed by atoms with Gasteiger partial charge in [-0.15, -0.1) is 0 Å². The number of piperidine rings is 1. The third-order valence-corrected chi connectivity index (χ3v) is 5.50. The first-order valence-electron chi connectivity index (χ1n) is 6.83. The van der Waals surface area contributed by atoms with E-state index in [1.54, 1.807) is 0 Å². The van der Waals surface area contributed by atoms with E-state index < -0.39 is 16.0 Å². The summed E-state index contributed by atoms with van der Waals surface area (Å²) in [6.07, 6.45) is 1.60. The quantitative estimate of drug-likeness (QED) is 0.843. The number of aromatic carboxylic acids is 1. The first kappa shape index (κ1) is 15.9. The van der Waals surface area contributed by atoms with Crippen LogP contribution < -0.4 is 0 Å². The maximum Gasteiger partial charge on any atom is 0.335 e. The Hall–Kier alpha value is -1.44. The molecule has 1 fully saturated rings. The van der Waals surface area contributed by atoms with Crippen LogP contribution in [0.1, 0.15) is 28.8 Å². The minimum Gasteiger partial charge on any atom is -0.478 e. The van der Waals surface area contributed by atoms with Gasteiger partial charge in [-0.05, 0) is 36.5 Å². The van der Waals surface area contributed by atoms with Crippen LogP contribution in [0.3, 0.4) is 0 Å². The van der Waals surface area contributed by atoms with Gasteiger partial charge in [0.25, 0.3) is 0 Å².